The normalized spacial score (nSPS) is 11.7. The number of para-hydroxylation sites is 1. The predicted molar refractivity (Wildman–Crippen MR) is 81.7 cm³/mol. The molecular formula is C15H7BrClNO. The molecule has 2 aromatic carbocycles. The molecule has 2 nitrogen and oxygen atoms in total. The van der Waals surface area contributed by atoms with Crippen molar-refractivity contribution < 1.29 is 4.42 Å². The summed E-state index contributed by atoms with van der Waals surface area (Å²) in [6.45, 7) is 0. The Bertz CT molecular complexity index is 945. The maximum atomic E-state index is 6.19. The van der Waals surface area contributed by atoms with Gasteiger partial charge in [0.25, 0.3) is 0 Å². The zero-order valence-electron chi connectivity index (χ0n) is 9.65. The van der Waals surface area contributed by atoms with Crippen molar-refractivity contribution in [2.75, 3.05) is 0 Å². The molecule has 2 heterocycles. The predicted octanol–water partition coefficient (Wildman–Crippen LogP) is 5.55. The maximum Gasteiger partial charge on any atom is 0.156 e. The summed E-state index contributed by atoms with van der Waals surface area (Å²) in [7, 11) is 0. The molecule has 0 unspecified atom stereocenters. The molecule has 92 valence electrons. The van der Waals surface area contributed by atoms with Gasteiger partial charge in [0.2, 0.25) is 0 Å². The van der Waals surface area contributed by atoms with Crippen molar-refractivity contribution in [1.29, 1.82) is 0 Å². The number of hydrogen-bond donors (Lipinski definition) is 0. The average molecular weight is 333 g/mol. The van der Waals surface area contributed by atoms with Crippen molar-refractivity contribution in [2.24, 2.45) is 0 Å². The van der Waals surface area contributed by atoms with E-state index in [4.69, 9.17) is 16.0 Å². The second-order valence-corrected chi connectivity index (χ2v) is 5.62. The molecule has 0 N–H and O–H groups in total. The molecule has 19 heavy (non-hydrogen) atoms. The summed E-state index contributed by atoms with van der Waals surface area (Å²) >= 11 is 9.73. The lowest BCUT2D eigenvalue weighted by atomic mass is 10.2. The zero-order chi connectivity index (χ0) is 13.0. The van der Waals surface area contributed by atoms with Crippen molar-refractivity contribution in [3.63, 3.8) is 0 Å². The topological polar surface area (TPSA) is 26.0 Å². The van der Waals surface area contributed by atoms with E-state index in [1.54, 1.807) is 0 Å². The first-order chi connectivity index (χ1) is 9.24. The Labute approximate surface area is 122 Å². The lowest BCUT2D eigenvalue weighted by molar-refractivity contribution is 0.669. The second kappa shape index (κ2) is 3.95. The van der Waals surface area contributed by atoms with E-state index in [0.717, 1.165) is 31.9 Å². The van der Waals surface area contributed by atoms with E-state index in [0.29, 0.717) is 10.6 Å². The molecule has 0 fully saturated rings. The average Bonchev–Trinajstić information content (AvgIpc) is 2.80. The number of rotatable bonds is 0. The van der Waals surface area contributed by atoms with Gasteiger partial charge < -0.3 is 4.42 Å². The summed E-state index contributed by atoms with van der Waals surface area (Å²) in [6.07, 6.45) is 0. The molecule has 0 aliphatic heterocycles. The minimum Gasteiger partial charge on any atom is -0.453 e. The Balaban J connectivity index is 2.30. The first kappa shape index (κ1) is 11.3. The first-order valence-electron chi connectivity index (χ1n) is 5.80. The molecule has 0 amide bonds. The van der Waals surface area contributed by atoms with Crippen LogP contribution >= 0.6 is 27.5 Å². The maximum absolute atomic E-state index is 6.19. The monoisotopic (exact) mass is 331 g/mol. The Kier molecular flexibility index (Phi) is 2.34. The minimum atomic E-state index is 0.597. The number of aromatic nitrogens is 1. The van der Waals surface area contributed by atoms with E-state index in [9.17, 15) is 0 Å². The van der Waals surface area contributed by atoms with Gasteiger partial charge in [-0.1, -0.05) is 29.8 Å². The van der Waals surface area contributed by atoms with Gasteiger partial charge in [-0.25, -0.2) is 4.98 Å². The standard InChI is InChI=1S/C15H7BrClNO/c16-9-5-6-10(17)15-13(9)14-12(19-15)7-8-3-1-2-4-11(8)18-14/h1-7H. The number of furan rings is 1. The van der Waals surface area contributed by atoms with Crippen LogP contribution in [0.4, 0.5) is 0 Å². The lowest BCUT2D eigenvalue weighted by Gasteiger charge is -1.97. The van der Waals surface area contributed by atoms with Crippen LogP contribution in [0.2, 0.25) is 5.02 Å². The SMILES string of the molecule is Clc1ccc(Br)c2c1oc1cc3ccccc3nc12. The van der Waals surface area contributed by atoms with Crippen LogP contribution in [0.5, 0.6) is 0 Å². The van der Waals surface area contributed by atoms with Gasteiger partial charge in [0.1, 0.15) is 5.52 Å². The molecule has 4 aromatic rings. The number of nitrogens with zero attached hydrogens (tertiary/aromatic N) is 1. The Morgan fingerprint density at radius 2 is 1.95 bits per heavy atom. The van der Waals surface area contributed by atoms with Crippen molar-refractivity contribution in [2.45, 2.75) is 0 Å². The quantitative estimate of drug-likeness (QED) is 0.422. The number of benzene rings is 2. The van der Waals surface area contributed by atoms with E-state index in [1.807, 2.05) is 42.5 Å². The van der Waals surface area contributed by atoms with Gasteiger partial charge in [0.05, 0.1) is 15.9 Å². The third-order valence-corrected chi connectivity index (χ3v) is 4.16. The molecular weight excluding hydrogens is 326 g/mol. The molecule has 0 spiro atoms. The third-order valence-electron chi connectivity index (χ3n) is 3.20. The summed E-state index contributed by atoms with van der Waals surface area (Å²) < 4.78 is 6.79. The number of pyridine rings is 1. The Hall–Kier alpha value is -1.58. The molecule has 0 aliphatic carbocycles. The number of halogens is 2. The molecule has 2 aromatic heterocycles. The summed E-state index contributed by atoms with van der Waals surface area (Å²) in [6, 6.07) is 13.7. The van der Waals surface area contributed by atoms with Gasteiger partial charge in [-0.15, -0.1) is 0 Å². The molecule has 0 bridgehead atoms. The van der Waals surface area contributed by atoms with Crippen LogP contribution in [0.25, 0.3) is 33.0 Å². The van der Waals surface area contributed by atoms with Gasteiger partial charge in [-0.2, -0.15) is 0 Å². The number of hydrogen-bond acceptors (Lipinski definition) is 2. The largest absolute Gasteiger partial charge is 0.453 e. The fraction of sp³-hybridized carbons (Fsp3) is 0. The van der Waals surface area contributed by atoms with Crippen LogP contribution in [0.3, 0.4) is 0 Å². The summed E-state index contributed by atoms with van der Waals surface area (Å²) in [5, 5.41) is 2.58. The van der Waals surface area contributed by atoms with Crippen LogP contribution in [0.1, 0.15) is 0 Å². The van der Waals surface area contributed by atoms with Gasteiger partial charge in [-0.05, 0) is 40.2 Å². The smallest absolute Gasteiger partial charge is 0.156 e. The molecule has 4 rings (SSSR count). The Morgan fingerprint density at radius 3 is 2.84 bits per heavy atom. The van der Waals surface area contributed by atoms with Crippen LogP contribution in [0, 0.1) is 0 Å². The second-order valence-electron chi connectivity index (χ2n) is 4.36. The molecule has 0 radical (unpaired) electrons. The van der Waals surface area contributed by atoms with Gasteiger partial charge >= 0.3 is 0 Å². The van der Waals surface area contributed by atoms with E-state index >= 15 is 0 Å². The molecule has 0 saturated carbocycles. The third kappa shape index (κ3) is 1.58. The van der Waals surface area contributed by atoms with Crippen LogP contribution in [-0.2, 0) is 0 Å². The Morgan fingerprint density at radius 1 is 1.11 bits per heavy atom. The van der Waals surface area contributed by atoms with Gasteiger partial charge in [-0.3, -0.25) is 0 Å². The van der Waals surface area contributed by atoms with E-state index in [1.165, 1.54) is 0 Å². The lowest BCUT2D eigenvalue weighted by Crippen LogP contribution is -1.79. The molecule has 0 aliphatic rings. The summed E-state index contributed by atoms with van der Waals surface area (Å²) in [5.74, 6) is 0. The van der Waals surface area contributed by atoms with Crippen molar-refractivity contribution in [1.82, 2.24) is 4.98 Å². The molecule has 0 saturated heterocycles. The van der Waals surface area contributed by atoms with Crippen LogP contribution in [0.15, 0.2) is 51.4 Å². The number of fused-ring (bicyclic) bond motifs is 4. The first-order valence-corrected chi connectivity index (χ1v) is 6.97. The van der Waals surface area contributed by atoms with E-state index in [2.05, 4.69) is 20.9 Å². The highest BCUT2D eigenvalue weighted by molar-refractivity contribution is 9.10. The zero-order valence-corrected chi connectivity index (χ0v) is 12.0. The summed E-state index contributed by atoms with van der Waals surface area (Å²) in [4.78, 5) is 4.69. The highest BCUT2D eigenvalue weighted by Gasteiger charge is 2.14. The van der Waals surface area contributed by atoms with Crippen LogP contribution in [-0.4, -0.2) is 4.98 Å². The molecule has 4 heteroatoms. The van der Waals surface area contributed by atoms with E-state index in [-0.39, 0.29) is 0 Å². The van der Waals surface area contributed by atoms with Crippen molar-refractivity contribution >= 4 is 60.5 Å². The van der Waals surface area contributed by atoms with Crippen LogP contribution < -0.4 is 0 Å². The fourth-order valence-corrected chi connectivity index (χ4v) is 3.01. The summed E-state index contributed by atoms with van der Waals surface area (Å²) in [5.41, 5.74) is 3.21. The van der Waals surface area contributed by atoms with Crippen molar-refractivity contribution in [3.05, 3.63) is 52.0 Å². The van der Waals surface area contributed by atoms with Crippen molar-refractivity contribution in [3.8, 4) is 0 Å². The fourth-order valence-electron chi connectivity index (χ4n) is 2.32. The van der Waals surface area contributed by atoms with Gasteiger partial charge in [0, 0.05) is 9.86 Å². The molecule has 0 atom stereocenters. The highest BCUT2D eigenvalue weighted by atomic mass is 79.9. The highest BCUT2D eigenvalue weighted by Crippen LogP contribution is 2.38. The van der Waals surface area contributed by atoms with E-state index < -0.39 is 0 Å². The van der Waals surface area contributed by atoms with Gasteiger partial charge in [0.15, 0.2) is 11.2 Å². The minimum absolute atomic E-state index is 0.597.